The number of para-hydroxylation sites is 1. The second kappa shape index (κ2) is 9.12. The third-order valence-electron chi connectivity index (χ3n) is 4.19. The van der Waals surface area contributed by atoms with E-state index >= 15 is 0 Å². The van der Waals surface area contributed by atoms with Crippen molar-refractivity contribution in [3.63, 3.8) is 0 Å². The molecule has 0 radical (unpaired) electrons. The van der Waals surface area contributed by atoms with Gasteiger partial charge in [0.25, 0.3) is 5.91 Å². The Morgan fingerprint density at radius 2 is 2.04 bits per heavy atom. The Morgan fingerprint density at radius 1 is 1.25 bits per heavy atom. The highest BCUT2D eigenvalue weighted by molar-refractivity contribution is 8.00. The predicted molar refractivity (Wildman–Crippen MR) is 108 cm³/mol. The van der Waals surface area contributed by atoms with Crippen LogP contribution in [0.2, 0.25) is 5.02 Å². The number of fused-ring (bicyclic) bond motifs is 1. The molecule has 0 bridgehead atoms. The molecule has 2 amide bonds. The van der Waals surface area contributed by atoms with Gasteiger partial charge in [-0.2, -0.15) is 0 Å². The summed E-state index contributed by atoms with van der Waals surface area (Å²) in [5.41, 5.74) is 1.53. The van der Waals surface area contributed by atoms with E-state index in [1.807, 2.05) is 25.1 Å². The molecule has 2 aromatic rings. The quantitative estimate of drug-likeness (QED) is 0.729. The molecule has 0 fully saturated rings. The first-order valence-corrected chi connectivity index (χ1v) is 10.0. The predicted octanol–water partition coefficient (Wildman–Crippen LogP) is 3.20. The van der Waals surface area contributed by atoms with Gasteiger partial charge in [-0.1, -0.05) is 35.9 Å². The minimum Gasteiger partial charge on any atom is -0.454 e. The van der Waals surface area contributed by atoms with Gasteiger partial charge in [-0.05, 0) is 36.8 Å². The second-order valence-corrected chi connectivity index (χ2v) is 7.69. The molecule has 6 nitrogen and oxygen atoms in total. The molecule has 1 heterocycles. The number of esters is 1. The van der Waals surface area contributed by atoms with Gasteiger partial charge in [0.15, 0.2) is 6.61 Å². The minimum absolute atomic E-state index is 0.167. The highest BCUT2D eigenvalue weighted by Crippen LogP contribution is 2.34. The zero-order chi connectivity index (χ0) is 20.1. The number of ether oxygens (including phenoxy) is 1. The normalized spacial score (nSPS) is 14.2. The van der Waals surface area contributed by atoms with E-state index in [9.17, 15) is 14.4 Å². The van der Waals surface area contributed by atoms with Crippen LogP contribution in [0.25, 0.3) is 0 Å². The molecule has 1 aliphatic heterocycles. The van der Waals surface area contributed by atoms with Crippen molar-refractivity contribution in [3.05, 3.63) is 59.1 Å². The Hall–Kier alpha value is -2.51. The molecular formula is C20H19ClN2O4S. The summed E-state index contributed by atoms with van der Waals surface area (Å²) in [4.78, 5) is 38.7. The van der Waals surface area contributed by atoms with E-state index in [1.165, 1.54) is 16.7 Å². The molecular weight excluding hydrogens is 400 g/mol. The van der Waals surface area contributed by atoms with Gasteiger partial charge in [0, 0.05) is 9.92 Å². The molecule has 1 atom stereocenters. The van der Waals surface area contributed by atoms with E-state index < -0.39 is 18.5 Å². The molecule has 0 saturated heterocycles. The smallest absolute Gasteiger partial charge is 0.326 e. The molecule has 0 saturated carbocycles. The summed E-state index contributed by atoms with van der Waals surface area (Å²) < 4.78 is 5.05. The van der Waals surface area contributed by atoms with E-state index in [-0.39, 0.29) is 24.2 Å². The van der Waals surface area contributed by atoms with Crippen molar-refractivity contribution in [3.8, 4) is 0 Å². The summed E-state index contributed by atoms with van der Waals surface area (Å²) >= 11 is 7.39. The number of nitrogens with zero attached hydrogens (tertiary/aromatic N) is 1. The van der Waals surface area contributed by atoms with E-state index in [1.54, 1.807) is 30.3 Å². The number of hydrogen-bond donors (Lipinski definition) is 1. The number of carbonyl (C=O) groups excluding carboxylic acids is 3. The standard InChI is InChI=1S/C20H19ClN2O4S/c1-13(14-5-4-6-15(21)9-14)22-18(24)11-27-20(26)10-23-16-7-2-3-8-17(16)28-12-19(23)25/h2-9,13H,10-12H2,1H3,(H,22,24)/t13-/m1/s1. The minimum atomic E-state index is -0.638. The lowest BCUT2D eigenvalue weighted by Gasteiger charge is -2.27. The molecule has 2 aromatic carbocycles. The molecule has 1 aliphatic rings. The fourth-order valence-electron chi connectivity index (χ4n) is 2.79. The Labute approximate surface area is 172 Å². The first-order chi connectivity index (χ1) is 13.4. The molecule has 8 heteroatoms. The zero-order valence-corrected chi connectivity index (χ0v) is 16.8. The monoisotopic (exact) mass is 418 g/mol. The molecule has 3 rings (SSSR count). The Kier molecular flexibility index (Phi) is 6.59. The first kappa shape index (κ1) is 20.2. The van der Waals surface area contributed by atoms with Crippen molar-refractivity contribution in [1.29, 1.82) is 0 Å². The summed E-state index contributed by atoms with van der Waals surface area (Å²) in [6, 6.07) is 14.2. The van der Waals surface area contributed by atoms with Crippen LogP contribution >= 0.6 is 23.4 Å². The van der Waals surface area contributed by atoms with Crippen molar-refractivity contribution < 1.29 is 19.1 Å². The Morgan fingerprint density at radius 3 is 2.82 bits per heavy atom. The summed E-state index contributed by atoms with van der Waals surface area (Å²) in [7, 11) is 0. The Bertz CT molecular complexity index is 905. The lowest BCUT2D eigenvalue weighted by atomic mass is 10.1. The van der Waals surface area contributed by atoms with Gasteiger partial charge >= 0.3 is 5.97 Å². The van der Waals surface area contributed by atoms with E-state index in [0.29, 0.717) is 10.7 Å². The molecule has 0 spiro atoms. The lowest BCUT2D eigenvalue weighted by Crippen LogP contribution is -2.40. The summed E-state index contributed by atoms with van der Waals surface area (Å²) in [5, 5.41) is 3.33. The maximum absolute atomic E-state index is 12.2. The highest BCUT2D eigenvalue weighted by Gasteiger charge is 2.27. The van der Waals surface area contributed by atoms with Crippen LogP contribution in [0.15, 0.2) is 53.4 Å². The topological polar surface area (TPSA) is 75.7 Å². The number of carbonyl (C=O) groups is 3. The number of benzene rings is 2. The van der Waals surface area contributed by atoms with Crippen LogP contribution in [-0.4, -0.2) is 36.7 Å². The summed E-state index contributed by atoms with van der Waals surface area (Å²) in [6.07, 6.45) is 0. The van der Waals surface area contributed by atoms with Crippen LogP contribution in [0.3, 0.4) is 0 Å². The zero-order valence-electron chi connectivity index (χ0n) is 15.2. The highest BCUT2D eigenvalue weighted by atomic mass is 35.5. The number of halogens is 1. The van der Waals surface area contributed by atoms with Gasteiger partial charge in [0.1, 0.15) is 6.54 Å². The molecule has 0 aromatic heterocycles. The van der Waals surface area contributed by atoms with Crippen molar-refractivity contribution in [1.82, 2.24) is 5.32 Å². The number of amides is 2. The van der Waals surface area contributed by atoms with Crippen molar-refractivity contribution in [2.75, 3.05) is 23.8 Å². The number of rotatable bonds is 6. The number of anilines is 1. The number of hydrogen-bond acceptors (Lipinski definition) is 5. The van der Waals surface area contributed by atoms with Crippen LogP contribution in [-0.2, 0) is 19.1 Å². The summed E-state index contributed by atoms with van der Waals surface area (Å²) in [5.74, 6) is -0.968. The molecule has 0 unspecified atom stereocenters. The SMILES string of the molecule is C[C@@H](NC(=O)COC(=O)CN1C(=O)CSc2ccccc21)c1cccc(Cl)c1. The van der Waals surface area contributed by atoms with Crippen molar-refractivity contribution >= 4 is 46.8 Å². The molecule has 0 aliphatic carbocycles. The van der Waals surface area contributed by atoms with Crippen LogP contribution in [0.5, 0.6) is 0 Å². The fraction of sp³-hybridized carbons (Fsp3) is 0.250. The fourth-order valence-corrected chi connectivity index (χ4v) is 3.92. The third-order valence-corrected chi connectivity index (χ3v) is 5.47. The first-order valence-electron chi connectivity index (χ1n) is 8.66. The van der Waals surface area contributed by atoms with Gasteiger partial charge in [-0.15, -0.1) is 11.8 Å². The van der Waals surface area contributed by atoms with Gasteiger partial charge in [-0.3, -0.25) is 19.3 Å². The van der Waals surface area contributed by atoms with Gasteiger partial charge in [0.2, 0.25) is 5.91 Å². The van der Waals surface area contributed by atoms with Gasteiger partial charge < -0.3 is 10.1 Å². The summed E-state index contributed by atoms with van der Waals surface area (Å²) in [6.45, 7) is 1.17. The van der Waals surface area contributed by atoms with E-state index in [0.717, 1.165) is 10.5 Å². The van der Waals surface area contributed by atoms with Crippen LogP contribution in [0.1, 0.15) is 18.5 Å². The number of nitrogens with one attached hydrogen (secondary N) is 1. The molecule has 146 valence electrons. The van der Waals surface area contributed by atoms with E-state index in [4.69, 9.17) is 16.3 Å². The average Bonchev–Trinajstić information content (AvgIpc) is 2.68. The van der Waals surface area contributed by atoms with Gasteiger partial charge in [0.05, 0.1) is 17.5 Å². The second-order valence-electron chi connectivity index (χ2n) is 6.24. The van der Waals surface area contributed by atoms with Crippen molar-refractivity contribution in [2.45, 2.75) is 17.9 Å². The average molecular weight is 419 g/mol. The molecule has 28 heavy (non-hydrogen) atoms. The van der Waals surface area contributed by atoms with Crippen LogP contribution in [0, 0.1) is 0 Å². The lowest BCUT2D eigenvalue weighted by molar-refractivity contribution is -0.147. The van der Waals surface area contributed by atoms with Crippen LogP contribution < -0.4 is 10.2 Å². The molecule has 1 N–H and O–H groups in total. The van der Waals surface area contributed by atoms with Crippen LogP contribution in [0.4, 0.5) is 5.69 Å². The largest absolute Gasteiger partial charge is 0.454 e. The van der Waals surface area contributed by atoms with E-state index in [2.05, 4.69) is 5.32 Å². The maximum Gasteiger partial charge on any atom is 0.326 e. The van der Waals surface area contributed by atoms with Crippen molar-refractivity contribution in [2.24, 2.45) is 0 Å². The Balaban J connectivity index is 1.52. The van der Waals surface area contributed by atoms with Gasteiger partial charge in [-0.25, -0.2) is 0 Å². The number of thioether (sulfide) groups is 1. The maximum atomic E-state index is 12.2. The third kappa shape index (κ3) is 5.05.